The van der Waals surface area contributed by atoms with E-state index < -0.39 is 17.6 Å². The number of rotatable bonds is 4. The number of carboxylic acids is 1. The molecule has 0 unspecified atom stereocenters. The molecule has 36 heavy (non-hydrogen) atoms. The lowest BCUT2D eigenvalue weighted by atomic mass is 10.0. The van der Waals surface area contributed by atoms with Crippen LogP contribution in [0.15, 0.2) is 60.9 Å². The van der Waals surface area contributed by atoms with Crippen LogP contribution in [-0.4, -0.2) is 40.0 Å². The Balaban J connectivity index is 1.75. The van der Waals surface area contributed by atoms with Crippen LogP contribution in [0.25, 0.3) is 0 Å². The van der Waals surface area contributed by atoms with Crippen LogP contribution >= 0.6 is 0 Å². The smallest absolute Gasteiger partial charge is 0.335 e. The second kappa shape index (κ2) is 11.9. The fourth-order valence-corrected chi connectivity index (χ4v) is 4.59. The minimum atomic E-state index is -1.07. The molecule has 0 atom stereocenters. The first kappa shape index (κ1) is 25.4. The molecule has 0 aliphatic carbocycles. The molecule has 1 aliphatic rings. The van der Waals surface area contributed by atoms with E-state index in [1.54, 1.807) is 47.6 Å². The Hall–Kier alpha value is -3.65. The number of fused-ring (bicyclic) bond motifs is 1. The summed E-state index contributed by atoms with van der Waals surface area (Å²) in [5.41, 5.74) is 2.10. The molecule has 0 fully saturated rings. The number of carbonyl (C=O) groups excluding carboxylic acids is 1. The van der Waals surface area contributed by atoms with Crippen molar-refractivity contribution in [2.75, 3.05) is 18.0 Å². The third-order valence-electron chi connectivity index (χ3n) is 6.47. The van der Waals surface area contributed by atoms with E-state index in [1.165, 1.54) is 12.1 Å². The summed E-state index contributed by atoms with van der Waals surface area (Å²) in [6, 6.07) is 12.2. The molecule has 6 nitrogen and oxygen atoms in total. The predicted octanol–water partition coefficient (Wildman–Crippen LogP) is 5.67. The van der Waals surface area contributed by atoms with Gasteiger partial charge in [0.25, 0.3) is 5.91 Å². The molecular formula is C28H29F2N3O3. The SMILES string of the molecule is O=C(O)c1ccc2c(c1)CN(Cc1cccc(F)c1F)CCCCCCCN2C(=O)c1ccncc1. The maximum Gasteiger partial charge on any atom is 0.335 e. The second-order valence-electron chi connectivity index (χ2n) is 9.03. The first-order valence-electron chi connectivity index (χ1n) is 12.2. The highest BCUT2D eigenvalue weighted by atomic mass is 19.2. The van der Waals surface area contributed by atoms with Crippen LogP contribution in [-0.2, 0) is 13.1 Å². The number of benzene rings is 2. The summed E-state index contributed by atoms with van der Waals surface area (Å²) in [5, 5.41) is 9.62. The average Bonchev–Trinajstić information content (AvgIpc) is 2.88. The molecule has 0 saturated carbocycles. The highest BCUT2D eigenvalue weighted by molar-refractivity contribution is 6.06. The third kappa shape index (κ3) is 6.12. The minimum Gasteiger partial charge on any atom is -0.478 e. The Bertz CT molecular complexity index is 1220. The summed E-state index contributed by atoms with van der Waals surface area (Å²) in [6.45, 7) is 1.56. The van der Waals surface area contributed by atoms with Gasteiger partial charge in [-0.1, -0.05) is 31.4 Å². The van der Waals surface area contributed by atoms with Gasteiger partial charge in [0.1, 0.15) is 0 Å². The fraction of sp³-hybridized carbons (Fsp3) is 0.321. The molecule has 2 aromatic carbocycles. The topological polar surface area (TPSA) is 73.7 Å². The molecule has 1 amide bonds. The van der Waals surface area contributed by atoms with E-state index >= 15 is 0 Å². The van der Waals surface area contributed by atoms with Crippen molar-refractivity contribution in [3.63, 3.8) is 0 Å². The number of hydrogen-bond acceptors (Lipinski definition) is 4. The largest absolute Gasteiger partial charge is 0.478 e. The van der Waals surface area contributed by atoms with Crippen molar-refractivity contribution in [3.05, 3.63) is 94.8 Å². The third-order valence-corrected chi connectivity index (χ3v) is 6.47. The van der Waals surface area contributed by atoms with Gasteiger partial charge in [0, 0.05) is 48.8 Å². The number of aromatic carboxylic acids is 1. The summed E-state index contributed by atoms with van der Waals surface area (Å²) < 4.78 is 28.4. The van der Waals surface area contributed by atoms with Crippen molar-refractivity contribution >= 4 is 17.6 Å². The van der Waals surface area contributed by atoms with Crippen molar-refractivity contribution in [2.24, 2.45) is 0 Å². The number of pyridine rings is 1. The lowest BCUT2D eigenvalue weighted by molar-refractivity contribution is 0.0696. The van der Waals surface area contributed by atoms with Crippen molar-refractivity contribution in [1.29, 1.82) is 0 Å². The van der Waals surface area contributed by atoms with Crippen LogP contribution < -0.4 is 4.90 Å². The molecule has 8 heteroatoms. The molecule has 4 rings (SSSR count). The van der Waals surface area contributed by atoms with Crippen molar-refractivity contribution in [3.8, 4) is 0 Å². The van der Waals surface area contributed by atoms with Crippen LogP contribution in [0.1, 0.15) is 63.9 Å². The molecule has 0 bridgehead atoms. The highest BCUT2D eigenvalue weighted by Gasteiger charge is 2.23. The number of nitrogens with zero attached hydrogens (tertiary/aromatic N) is 3. The standard InChI is InChI=1S/C28H29F2N3O3/c29-24-8-6-7-22(26(24)30)18-32-15-4-2-1-3-5-16-33(27(34)20-11-13-31-14-12-20)25-10-9-21(28(35)36)17-23(25)19-32/h6-14,17H,1-5,15-16,18-19H2,(H,35,36). The van der Waals surface area contributed by atoms with Crippen molar-refractivity contribution < 1.29 is 23.5 Å². The molecule has 2 heterocycles. The zero-order valence-corrected chi connectivity index (χ0v) is 20.0. The summed E-state index contributed by atoms with van der Waals surface area (Å²) in [7, 11) is 0. The van der Waals surface area contributed by atoms with E-state index in [2.05, 4.69) is 4.98 Å². The van der Waals surface area contributed by atoms with Crippen LogP contribution in [0.3, 0.4) is 0 Å². The molecule has 1 aromatic heterocycles. The zero-order valence-electron chi connectivity index (χ0n) is 20.0. The normalized spacial score (nSPS) is 15.4. The Labute approximate surface area is 209 Å². The van der Waals surface area contributed by atoms with Gasteiger partial charge in [-0.2, -0.15) is 0 Å². The molecular weight excluding hydrogens is 464 g/mol. The first-order valence-corrected chi connectivity index (χ1v) is 12.2. The predicted molar refractivity (Wildman–Crippen MR) is 133 cm³/mol. The molecule has 1 aliphatic heterocycles. The highest BCUT2D eigenvalue weighted by Crippen LogP contribution is 2.28. The summed E-state index contributed by atoms with van der Waals surface area (Å²) in [6.07, 6.45) is 7.74. The Morgan fingerprint density at radius 3 is 2.36 bits per heavy atom. The molecule has 1 N–H and O–H groups in total. The lowest BCUT2D eigenvalue weighted by Gasteiger charge is -2.30. The van der Waals surface area contributed by atoms with Crippen LogP contribution in [0, 0.1) is 11.6 Å². The molecule has 0 saturated heterocycles. The number of amides is 1. The van der Waals surface area contributed by atoms with E-state index in [4.69, 9.17) is 0 Å². The van der Waals surface area contributed by atoms with E-state index in [9.17, 15) is 23.5 Å². The van der Waals surface area contributed by atoms with Crippen molar-refractivity contribution in [1.82, 2.24) is 9.88 Å². The summed E-state index contributed by atoms with van der Waals surface area (Å²) >= 11 is 0. The van der Waals surface area contributed by atoms with E-state index in [0.717, 1.165) is 38.2 Å². The van der Waals surface area contributed by atoms with Crippen LogP contribution in [0.5, 0.6) is 0 Å². The van der Waals surface area contributed by atoms with Gasteiger partial charge in [0.15, 0.2) is 11.6 Å². The minimum absolute atomic E-state index is 0.106. The quantitative estimate of drug-likeness (QED) is 0.507. The van der Waals surface area contributed by atoms with Crippen molar-refractivity contribution in [2.45, 2.75) is 45.2 Å². The fourth-order valence-electron chi connectivity index (χ4n) is 4.59. The number of aromatic nitrogens is 1. The monoisotopic (exact) mass is 493 g/mol. The Morgan fingerprint density at radius 1 is 0.889 bits per heavy atom. The van der Waals surface area contributed by atoms with Gasteiger partial charge in [-0.05, 0) is 61.3 Å². The van der Waals surface area contributed by atoms with E-state index in [-0.39, 0.29) is 30.1 Å². The van der Waals surface area contributed by atoms with Gasteiger partial charge in [-0.3, -0.25) is 14.7 Å². The summed E-state index contributed by atoms with van der Waals surface area (Å²) in [5.74, 6) is -3.04. The van der Waals surface area contributed by atoms with Gasteiger partial charge in [0.2, 0.25) is 0 Å². The van der Waals surface area contributed by atoms with Gasteiger partial charge >= 0.3 is 5.97 Å². The number of halogens is 2. The molecule has 3 aromatic rings. The number of anilines is 1. The van der Waals surface area contributed by atoms with Crippen LogP contribution in [0.4, 0.5) is 14.5 Å². The lowest BCUT2D eigenvalue weighted by Crippen LogP contribution is -2.34. The van der Waals surface area contributed by atoms with E-state index in [1.807, 2.05) is 4.90 Å². The summed E-state index contributed by atoms with van der Waals surface area (Å²) in [4.78, 5) is 33.0. The number of carbonyl (C=O) groups is 2. The zero-order chi connectivity index (χ0) is 25.5. The Kier molecular flexibility index (Phi) is 8.38. The Morgan fingerprint density at radius 2 is 1.61 bits per heavy atom. The molecule has 0 radical (unpaired) electrons. The maximum absolute atomic E-state index is 14.5. The van der Waals surface area contributed by atoms with Gasteiger partial charge in [0.05, 0.1) is 5.56 Å². The van der Waals surface area contributed by atoms with Crippen LogP contribution in [0.2, 0.25) is 0 Å². The van der Waals surface area contributed by atoms with E-state index in [0.29, 0.717) is 29.9 Å². The average molecular weight is 494 g/mol. The van der Waals surface area contributed by atoms with Gasteiger partial charge in [-0.15, -0.1) is 0 Å². The maximum atomic E-state index is 14.5. The number of carboxylic acid groups (broad SMARTS) is 1. The number of hydrogen-bond donors (Lipinski definition) is 1. The molecule has 188 valence electrons. The van der Waals surface area contributed by atoms with Gasteiger partial charge in [-0.25, -0.2) is 13.6 Å². The van der Waals surface area contributed by atoms with Gasteiger partial charge < -0.3 is 10.0 Å². The molecule has 0 spiro atoms. The second-order valence-corrected chi connectivity index (χ2v) is 9.03. The first-order chi connectivity index (χ1) is 17.4.